The van der Waals surface area contributed by atoms with Crippen LogP contribution < -0.4 is 11.1 Å². The molecule has 5 heteroatoms. The van der Waals surface area contributed by atoms with Crippen molar-refractivity contribution in [2.45, 2.75) is 25.7 Å². The van der Waals surface area contributed by atoms with Crippen molar-refractivity contribution in [1.82, 2.24) is 5.32 Å². The van der Waals surface area contributed by atoms with E-state index in [4.69, 9.17) is 5.73 Å². The first-order valence-electron chi connectivity index (χ1n) is 7.06. The van der Waals surface area contributed by atoms with Gasteiger partial charge in [-0.2, -0.15) is 0 Å². The summed E-state index contributed by atoms with van der Waals surface area (Å²) in [6.45, 7) is 0.839. The van der Waals surface area contributed by atoms with Crippen molar-refractivity contribution in [1.29, 1.82) is 0 Å². The van der Waals surface area contributed by atoms with E-state index < -0.39 is 0 Å². The van der Waals surface area contributed by atoms with Crippen molar-refractivity contribution in [3.8, 4) is 0 Å². The van der Waals surface area contributed by atoms with Gasteiger partial charge in [-0.1, -0.05) is 12.8 Å². The Labute approximate surface area is 127 Å². The minimum atomic E-state index is -0.105. The molecule has 0 bridgehead atoms. The molecule has 1 aromatic rings. The maximum atomic E-state index is 12.1. The standard InChI is InChI=1S/C15H21BrN2O2/c16-13-6-5-10(7-14(13)17)15(20)18-8-11-3-1-2-4-12(11)9-19/h5-7,11-12,19H,1-4,8-9,17H2,(H,18,20). The van der Waals surface area contributed by atoms with Crippen LogP contribution in [-0.2, 0) is 0 Å². The molecule has 1 aliphatic carbocycles. The van der Waals surface area contributed by atoms with Crippen LogP contribution in [0, 0.1) is 11.8 Å². The number of nitrogens with two attached hydrogens (primary N) is 1. The van der Waals surface area contributed by atoms with Gasteiger partial charge in [0, 0.05) is 28.9 Å². The van der Waals surface area contributed by atoms with E-state index in [1.165, 1.54) is 12.8 Å². The highest BCUT2D eigenvalue weighted by molar-refractivity contribution is 9.10. The lowest BCUT2D eigenvalue weighted by Crippen LogP contribution is -2.35. The van der Waals surface area contributed by atoms with Crippen molar-refractivity contribution in [2.75, 3.05) is 18.9 Å². The highest BCUT2D eigenvalue weighted by Gasteiger charge is 2.24. The maximum absolute atomic E-state index is 12.1. The second-order valence-corrected chi connectivity index (χ2v) is 6.29. The number of carbonyl (C=O) groups is 1. The van der Waals surface area contributed by atoms with Crippen molar-refractivity contribution < 1.29 is 9.90 Å². The van der Waals surface area contributed by atoms with Gasteiger partial charge in [0.25, 0.3) is 5.91 Å². The van der Waals surface area contributed by atoms with Crippen molar-refractivity contribution in [3.63, 3.8) is 0 Å². The molecule has 0 heterocycles. The molecule has 1 amide bonds. The minimum Gasteiger partial charge on any atom is -0.398 e. The van der Waals surface area contributed by atoms with Gasteiger partial charge in [0.2, 0.25) is 0 Å². The summed E-state index contributed by atoms with van der Waals surface area (Å²) in [5, 5.41) is 12.3. The molecule has 1 aromatic carbocycles. The van der Waals surface area contributed by atoms with Gasteiger partial charge < -0.3 is 16.2 Å². The fourth-order valence-electron chi connectivity index (χ4n) is 2.80. The average Bonchev–Trinajstić information content (AvgIpc) is 2.47. The van der Waals surface area contributed by atoms with Crippen molar-refractivity contribution in [3.05, 3.63) is 28.2 Å². The number of aliphatic hydroxyl groups excluding tert-OH is 1. The highest BCUT2D eigenvalue weighted by Crippen LogP contribution is 2.29. The van der Waals surface area contributed by atoms with Crippen LogP contribution in [0.3, 0.4) is 0 Å². The smallest absolute Gasteiger partial charge is 0.251 e. The van der Waals surface area contributed by atoms with Gasteiger partial charge in [0.15, 0.2) is 0 Å². The SMILES string of the molecule is Nc1cc(C(=O)NCC2CCCCC2CO)ccc1Br. The number of nitrogens with one attached hydrogen (secondary N) is 1. The van der Waals surface area contributed by atoms with Gasteiger partial charge in [-0.15, -0.1) is 0 Å². The number of carbonyl (C=O) groups excluding carboxylic acids is 1. The lowest BCUT2D eigenvalue weighted by molar-refractivity contribution is 0.0909. The molecule has 1 saturated carbocycles. The highest BCUT2D eigenvalue weighted by atomic mass is 79.9. The Hall–Kier alpha value is -1.07. The zero-order valence-electron chi connectivity index (χ0n) is 11.4. The van der Waals surface area contributed by atoms with E-state index >= 15 is 0 Å². The third kappa shape index (κ3) is 3.73. The Morgan fingerprint density at radius 3 is 2.70 bits per heavy atom. The summed E-state index contributed by atoms with van der Waals surface area (Å²) >= 11 is 3.31. The van der Waals surface area contributed by atoms with Crippen molar-refractivity contribution >= 4 is 27.5 Å². The van der Waals surface area contributed by atoms with E-state index in [0.29, 0.717) is 29.6 Å². The van der Waals surface area contributed by atoms with Crippen LogP contribution in [0.2, 0.25) is 0 Å². The molecule has 1 aliphatic rings. The number of rotatable bonds is 4. The normalized spacial score (nSPS) is 22.5. The molecule has 4 nitrogen and oxygen atoms in total. The molecule has 0 spiro atoms. The largest absolute Gasteiger partial charge is 0.398 e. The molecular weight excluding hydrogens is 320 g/mol. The molecular formula is C15H21BrN2O2. The summed E-state index contributed by atoms with van der Waals surface area (Å²) in [7, 11) is 0. The van der Waals surface area contributed by atoms with Crippen LogP contribution in [0.25, 0.3) is 0 Å². The Kier molecular flexibility index (Phi) is 5.43. The zero-order valence-corrected chi connectivity index (χ0v) is 13.0. The molecule has 0 aliphatic heterocycles. The first kappa shape index (κ1) is 15.3. The van der Waals surface area contributed by atoms with Gasteiger partial charge in [0.05, 0.1) is 0 Å². The predicted octanol–water partition coefficient (Wildman–Crippen LogP) is 2.56. The van der Waals surface area contributed by atoms with Crippen LogP contribution in [0.4, 0.5) is 5.69 Å². The molecule has 2 atom stereocenters. The number of halogens is 1. The predicted molar refractivity (Wildman–Crippen MR) is 83.4 cm³/mol. The van der Waals surface area contributed by atoms with E-state index in [1.54, 1.807) is 18.2 Å². The summed E-state index contributed by atoms with van der Waals surface area (Å²) in [5.41, 5.74) is 6.91. The fraction of sp³-hybridized carbons (Fsp3) is 0.533. The molecule has 0 aromatic heterocycles. The molecule has 2 rings (SSSR count). The lowest BCUT2D eigenvalue weighted by Gasteiger charge is -2.30. The maximum Gasteiger partial charge on any atom is 0.251 e. The molecule has 0 saturated heterocycles. The van der Waals surface area contributed by atoms with Gasteiger partial charge in [-0.3, -0.25) is 4.79 Å². The van der Waals surface area contributed by atoms with Crippen LogP contribution in [-0.4, -0.2) is 24.2 Å². The summed E-state index contributed by atoms with van der Waals surface area (Å²) in [5.74, 6) is 0.594. The molecule has 4 N–H and O–H groups in total. The monoisotopic (exact) mass is 340 g/mol. The van der Waals surface area contributed by atoms with Gasteiger partial charge >= 0.3 is 0 Å². The quantitative estimate of drug-likeness (QED) is 0.737. The van der Waals surface area contributed by atoms with Crippen LogP contribution in [0.1, 0.15) is 36.0 Å². The van der Waals surface area contributed by atoms with Gasteiger partial charge in [0.1, 0.15) is 0 Å². The number of benzene rings is 1. The third-order valence-electron chi connectivity index (χ3n) is 4.08. The second-order valence-electron chi connectivity index (χ2n) is 5.43. The topological polar surface area (TPSA) is 75.4 Å². The molecule has 0 radical (unpaired) electrons. The van der Waals surface area contributed by atoms with Crippen LogP contribution >= 0.6 is 15.9 Å². The van der Waals surface area contributed by atoms with Gasteiger partial charge in [-0.05, 0) is 58.8 Å². The van der Waals surface area contributed by atoms with Crippen molar-refractivity contribution in [2.24, 2.45) is 11.8 Å². The van der Waals surface area contributed by atoms with Crippen LogP contribution in [0.15, 0.2) is 22.7 Å². The number of aliphatic hydroxyl groups is 1. The van der Waals surface area contributed by atoms with E-state index in [2.05, 4.69) is 21.2 Å². The lowest BCUT2D eigenvalue weighted by atomic mass is 9.79. The summed E-state index contributed by atoms with van der Waals surface area (Å²) in [4.78, 5) is 12.1. The van der Waals surface area contributed by atoms with E-state index in [0.717, 1.165) is 17.3 Å². The third-order valence-corrected chi connectivity index (χ3v) is 4.81. The fourth-order valence-corrected chi connectivity index (χ4v) is 3.05. The van der Waals surface area contributed by atoms with Crippen LogP contribution in [0.5, 0.6) is 0 Å². The summed E-state index contributed by atoms with van der Waals surface area (Å²) in [6, 6.07) is 5.20. The molecule has 2 unspecified atom stereocenters. The first-order valence-corrected chi connectivity index (χ1v) is 7.85. The van der Waals surface area contributed by atoms with E-state index in [1.807, 2.05) is 0 Å². The Balaban J connectivity index is 1.92. The van der Waals surface area contributed by atoms with Gasteiger partial charge in [-0.25, -0.2) is 0 Å². The van der Waals surface area contributed by atoms with E-state index in [-0.39, 0.29) is 12.5 Å². The molecule has 1 fully saturated rings. The molecule has 20 heavy (non-hydrogen) atoms. The average molecular weight is 341 g/mol. The Morgan fingerprint density at radius 1 is 1.35 bits per heavy atom. The first-order chi connectivity index (χ1) is 9.61. The number of amides is 1. The Morgan fingerprint density at radius 2 is 2.05 bits per heavy atom. The van der Waals surface area contributed by atoms with E-state index in [9.17, 15) is 9.90 Å². The number of hydrogen-bond donors (Lipinski definition) is 3. The number of nitrogen functional groups attached to an aromatic ring is 1. The molecule has 110 valence electrons. The zero-order chi connectivity index (χ0) is 14.5. The minimum absolute atomic E-state index is 0.105. The summed E-state index contributed by atoms with van der Waals surface area (Å²) < 4.78 is 0.793. The second kappa shape index (κ2) is 7.09. The number of hydrogen-bond acceptors (Lipinski definition) is 3. The number of anilines is 1. The summed E-state index contributed by atoms with van der Waals surface area (Å²) in [6.07, 6.45) is 4.50. The Bertz CT molecular complexity index is 479.